The molecule has 164 valence electrons. The van der Waals surface area contributed by atoms with Gasteiger partial charge in [0.15, 0.2) is 5.84 Å². The van der Waals surface area contributed by atoms with Crippen LogP contribution in [-0.2, 0) is 17.7 Å². The zero-order valence-corrected chi connectivity index (χ0v) is 18.6. The first kappa shape index (κ1) is 20.5. The number of aromatic nitrogens is 3. The number of rotatable bonds is 6. The number of aryl methyl sites for hydroxylation is 1. The quantitative estimate of drug-likeness (QED) is 0.211. The molecule has 0 unspecified atom stereocenters. The number of benzene rings is 2. The summed E-state index contributed by atoms with van der Waals surface area (Å²) in [7, 11) is 3.99. The first-order chi connectivity index (χ1) is 15.6. The molecule has 0 saturated heterocycles. The third-order valence-corrected chi connectivity index (χ3v) is 6.14. The highest BCUT2D eigenvalue weighted by molar-refractivity contribution is 6.07. The fraction of sp³-hybridized carbons (Fsp3) is 0.320. The molecule has 0 fully saturated rings. The van der Waals surface area contributed by atoms with Crippen molar-refractivity contribution in [1.29, 1.82) is 0 Å². The Balaban J connectivity index is 1.51. The predicted octanol–water partition coefficient (Wildman–Crippen LogP) is 3.86. The van der Waals surface area contributed by atoms with Gasteiger partial charge in [-0.25, -0.2) is 4.98 Å². The molecule has 0 aliphatic heterocycles. The second kappa shape index (κ2) is 8.59. The second-order valence-electron chi connectivity index (χ2n) is 8.61. The molecule has 0 saturated carbocycles. The minimum Gasteiger partial charge on any atom is -0.393 e. The summed E-state index contributed by atoms with van der Waals surface area (Å²) in [5.74, 6) is 0.381. The summed E-state index contributed by atoms with van der Waals surface area (Å²) in [6.07, 6.45) is 6.45. The largest absolute Gasteiger partial charge is 0.393 e. The lowest BCUT2D eigenvalue weighted by Crippen LogP contribution is -2.19. The van der Waals surface area contributed by atoms with Crippen LogP contribution >= 0.6 is 0 Å². The van der Waals surface area contributed by atoms with Crippen molar-refractivity contribution in [2.45, 2.75) is 25.7 Å². The number of aromatic amines is 1. The van der Waals surface area contributed by atoms with Crippen LogP contribution in [0.25, 0.3) is 33.1 Å². The first-order valence-electron chi connectivity index (χ1n) is 11.1. The normalized spacial score (nSPS) is 14.3. The van der Waals surface area contributed by atoms with Gasteiger partial charge in [-0.05, 0) is 63.0 Å². The summed E-state index contributed by atoms with van der Waals surface area (Å²) in [4.78, 5) is 12.5. The molecule has 7 nitrogen and oxygen atoms in total. The number of nitrogens with zero attached hydrogens (tertiary/aromatic N) is 4. The summed E-state index contributed by atoms with van der Waals surface area (Å²) in [5.41, 5.74) is 14.0. The topological polar surface area (TPSA) is 92.4 Å². The molecule has 32 heavy (non-hydrogen) atoms. The van der Waals surface area contributed by atoms with E-state index in [1.54, 1.807) is 0 Å². The van der Waals surface area contributed by atoms with Crippen molar-refractivity contribution in [3.05, 3.63) is 59.3 Å². The van der Waals surface area contributed by atoms with Gasteiger partial charge in [0.25, 0.3) is 0 Å². The third-order valence-electron chi connectivity index (χ3n) is 6.14. The number of pyridine rings is 1. The average Bonchev–Trinajstić information content (AvgIpc) is 3.30. The van der Waals surface area contributed by atoms with Gasteiger partial charge in [0, 0.05) is 28.4 Å². The standard InChI is InChI=1S/C25H28N6O/c1-31(2)13-14-32-30-25(26)17-9-7-16(8-10-17)24-19-6-4-3-5-18(19)23-20-15-27-29-21(20)11-12-22(23)28-24/h7-12,15H,3-6,13-14H2,1-2H3,(H2,26,30)(H,27,29). The van der Waals surface area contributed by atoms with E-state index >= 15 is 0 Å². The molecular formula is C25H28N6O. The SMILES string of the molecule is CN(C)CCO/N=C(\N)c1ccc(-c2nc3ccc4[nH]ncc4c3c3c2CCCC3)cc1. The zero-order valence-electron chi connectivity index (χ0n) is 18.6. The van der Waals surface area contributed by atoms with Crippen LogP contribution in [0, 0.1) is 0 Å². The molecular weight excluding hydrogens is 400 g/mol. The van der Waals surface area contributed by atoms with Crippen LogP contribution < -0.4 is 5.73 Å². The number of hydrogen-bond acceptors (Lipinski definition) is 5. The van der Waals surface area contributed by atoms with Gasteiger partial charge < -0.3 is 15.5 Å². The van der Waals surface area contributed by atoms with Gasteiger partial charge in [0.05, 0.1) is 22.9 Å². The minimum absolute atomic E-state index is 0.381. The van der Waals surface area contributed by atoms with Crippen LogP contribution in [0.2, 0.25) is 0 Å². The summed E-state index contributed by atoms with van der Waals surface area (Å²) in [6.45, 7) is 1.29. The van der Waals surface area contributed by atoms with Crippen LogP contribution in [0.5, 0.6) is 0 Å². The molecule has 5 rings (SSSR count). The molecule has 0 amide bonds. The lowest BCUT2D eigenvalue weighted by Gasteiger charge is -2.22. The maximum absolute atomic E-state index is 6.12. The number of nitrogens with one attached hydrogen (secondary N) is 1. The number of H-pyrrole nitrogens is 1. The highest BCUT2D eigenvalue weighted by Crippen LogP contribution is 2.37. The van der Waals surface area contributed by atoms with E-state index in [-0.39, 0.29) is 0 Å². The van der Waals surface area contributed by atoms with E-state index in [0.717, 1.165) is 52.6 Å². The van der Waals surface area contributed by atoms with Crippen LogP contribution in [0.15, 0.2) is 47.8 Å². The van der Waals surface area contributed by atoms with Gasteiger partial charge in [-0.2, -0.15) is 5.10 Å². The Kier molecular flexibility index (Phi) is 5.49. The van der Waals surface area contributed by atoms with Crippen molar-refractivity contribution in [2.75, 3.05) is 27.2 Å². The summed E-state index contributed by atoms with van der Waals surface area (Å²) >= 11 is 0. The molecule has 0 atom stereocenters. The summed E-state index contributed by atoms with van der Waals surface area (Å²) in [6, 6.07) is 12.3. The Hall–Kier alpha value is -3.45. The summed E-state index contributed by atoms with van der Waals surface area (Å²) < 4.78 is 0. The van der Waals surface area contributed by atoms with E-state index in [9.17, 15) is 0 Å². The summed E-state index contributed by atoms with van der Waals surface area (Å²) in [5, 5.41) is 13.8. The third kappa shape index (κ3) is 3.80. The number of nitrogens with two attached hydrogens (primary N) is 1. The fourth-order valence-electron chi connectivity index (χ4n) is 4.48. The Morgan fingerprint density at radius 1 is 1.09 bits per heavy atom. The van der Waals surface area contributed by atoms with E-state index in [4.69, 9.17) is 15.6 Å². The molecule has 4 aromatic rings. The van der Waals surface area contributed by atoms with Crippen molar-refractivity contribution in [2.24, 2.45) is 10.9 Å². The van der Waals surface area contributed by atoms with Crippen molar-refractivity contribution in [3.63, 3.8) is 0 Å². The number of likely N-dealkylation sites (N-methyl/N-ethyl adjacent to an activating group) is 1. The maximum Gasteiger partial charge on any atom is 0.170 e. The smallest absolute Gasteiger partial charge is 0.170 e. The molecule has 0 spiro atoms. The van der Waals surface area contributed by atoms with Crippen molar-refractivity contribution in [1.82, 2.24) is 20.1 Å². The molecule has 3 N–H and O–H groups in total. The lowest BCUT2D eigenvalue weighted by atomic mass is 9.85. The Morgan fingerprint density at radius 3 is 2.66 bits per heavy atom. The number of amidine groups is 1. The highest BCUT2D eigenvalue weighted by atomic mass is 16.6. The maximum atomic E-state index is 6.12. The van der Waals surface area contributed by atoms with Gasteiger partial charge in [-0.3, -0.25) is 5.10 Å². The molecule has 2 heterocycles. The van der Waals surface area contributed by atoms with Crippen molar-refractivity contribution < 1.29 is 4.84 Å². The lowest BCUT2D eigenvalue weighted by molar-refractivity contribution is 0.126. The van der Waals surface area contributed by atoms with Crippen LogP contribution in [-0.4, -0.2) is 53.2 Å². The number of hydrogen-bond donors (Lipinski definition) is 2. The van der Waals surface area contributed by atoms with E-state index in [0.29, 0.717) is 12.4 Å². The minimum atomic E-state index is 0.381. The molecule has 0 bridgehead atoms. The van der Waals surface area contributed by atoms with Crippen LogP contribution in [0.3, 0.4) is 0 Å². The van der Waals surface area contributed by atoms with E-state index in [1.165, 1.54) is 29.4 Å². The molecule has 0 radical (unpaired) electrons. The predicted molar refractivity (Wildman–Crippen MR) is 129 cm³/mol. The van der Waals surface area contributed by atoms with Gasteiger partial charge in [0.2, 0.25) is 0 Å². The molecule has 7 heteroatoms. The molecule has 1 aliphatic rings. The molecule has 2 aromatic heterocycles. The second-order valence-corrected chi connectivity index (χ2v) is 8.61. The Bertz CT molecular complexity index is 1290. The van der Waals surface area contributed by atoms with Gasteiger partial charge in [-0.15, -0.1) is 0 Å². The van der Waals surface area contributed by atoms with Gasteiger partial charge in [0.1, 0.15) is 6.61 Å². The molecule has 2 aromatic carbocycles. The van der Waals surface area contributed by atoms with Gasteiger partial charge >= 0.3 is 0 Å². The number of oxime groups is 1. The Morgan fingerprint density at radius 2 is 1.88 bits per heavy atom. The highest BCUT2D eigenvalue weighted by Gasteiger charge is 2.21. The van der Waals surface area contributed by atoms with E-state index in [2.05, 4.69) is 39.6 Å². The Labute approximate surface area is 187 Å². The van der Waals surface area contributed by atoms with Gasteiger partial charge in [-0.1, -0.05) is 29.4 Å². The van der Waals surface area contributed by atoms with Crippen molar-refractivity contribution in [3.8, 4) is 11.3 Å². The van der Waals surface area contributed by atoms with Crippen LogP contribution in [0.1, 0.15) is 29.5 Å². The number of fused-ring (bicyclic) bond motifs is 5. The van der Waals surface area contributed by atoms with E-state index < -0.39 is 0 Å². The average molecular weight is 429 g/mol. The zero-order chi connectivity index (χ0) is 22.1. The monoisotopic (exact) mass is 428 g/mol. The van der Waals surface area contributed by atoms with Crippen molar-refractivity contribution >= 4 is 27.6 Å². The van der Waals surface area contributed by atoms with E-state index in [1.807, 2.05) is 37.3 Å². The van der Waals surface area contributed by atoms with Crippen LogP contribution in [0.4, 0.5) is 0 Å². The first-order valence-corrected chi connectivity index (χ1v) is 11.1. The fourth-order valence-corrected chi connectivity index (χ4v) is 4.48. The molecule has 1 aliphatic carbocycles.